The molecule has 1 amide bonds. The van der Waals surface area contributed by atoms with E-state index >= 15 is 0 Å². The molecule has 0 radical (unpaired) electrons. The van der Waals surface area contributed by atoms with Crippen LogP contribution >= 0.6 is 0 Å². The summed E-state index contributed by atoms with van der Waals surface area (Å²) < 4.78 is 0. The zero-order valence-electron chi connectivity index (χ0n) is 13.6. The van der Waals surface area contributed by atoms with Crippen molar-refractivity contribution < 1.29 is 9.59 Å². The van der Waals surface area contributed by atoms with E-state index in [9.17, 15) is 9.59 Å². The zero-order valence-corrected chi connectivity index (χ0v) is 13.6. The van der Waals surface area contributed by atoms with Crippen LogP contribution in [-0.2, 0) is 4.79 Å². The summed E-state index contributed by atoms with van der Waals surface area (Å²) in [4.78, 5) is 26.4. The van der Waals surface area contributed by atoms with Gasteiger partial charge in [0.2, 0.25) is 5.78 Å². The summed E-state index contributed by atoms with van der Waals surface area (Å²) >= 11 is 0. The van der Waals surface area contributed by atoms with Crippen molar-refractivity contribution >= 4 is 11.7 Å². The van der Waals surface area contributed by atoms with E-state index in [-0.39, 0.29) is 5.91 Å². The Morgan fingerprint density at radius 1 is 1.17 bits per heavy atom. The van der Waals surface area contributed by atoms with Gasteiger partial charge in [0.25, 0.3) is 5.91 Å². The van der Waals surface area contributed by atoms with Gasteiger partial charge in [0.15, 0.2) is 0 Å². The molecule has 0 aromatic heterocycles. The average Bonchev–Trinajstić information content (AvgIpc) is 3.10. The number of nitrogens with one attached hydrogen (secondary N) is 2. The van der Waals surface area contributed by atoms with E-state index in [1.165, 1.54) is 0 Å². The molecule has 2 aliphatic rings. The average molecular weight is 315 g/mol. The minimum atomic E-state index is -0.392. The number of hydrazine groups is 1. The molecule has 0 aliphatic carbocycles. The molecule has 23 heavy (non-hydrogen) atoms. The lowest BCUT2D eigenvalue weighted by molar-refractivity contribution is -0.127. The number of likely N-dealkylation sites (tertiary alicyclic amines) is 1. The number of nitrogens with zero attached hydrogens (tertiary/aromatic N) is 1. The van der Waals surface area contributed by atoms with E-state index in [0.717, 1.165) is 25.8 Å². The number of Topliss-reactive ketones (excluding diaryl/α,β-unsaturated/α-hetero) is 1. The third kappa shape index (κ3) is 3.46. The Morgan fingerprint density at radius 3 is 2.52 bits per heavy atom. The first-order chi connectivity index (χ1) is 11.2. The topological polar surface area (TPSA) is 61.4 Å². The molecular formula is C18H25N3O2. The van der Waals surface area contributed by atoms with Crippen LogP contribution in [0.5, 0.6) is 0 Å². The molecule has 5 heteroatoms. The fourth-order valence-corrected chi connectivity index (χ4v) is 3.77. The van der Waals surface area contributed by atoms with Gasteiger partial charge >= 0.3 is 0 Å². The summed E-state index contributed by atoms with van der Waals surface area (Å²) in [5, 5.41) is 0. The minimum Gasteiger partial charge on any atom is -0.336 e. The van der Waals surface area contributed by atoms with Crippen molar-refractivity contribution in [2.75, 3.05) is 19.6 Å². The normalized spacial score (nSPS) is 25.5. The van der Waals surface area contributed by atoms with Crippen LogP contribution in [0.1, 0.15) is 36.5 Å². The highest BCUT2D eigenvalue weighted by Gasteiger charge is 2.36. The van der Waals surface area contributed by atoms with Crippen molar-refractivity contribution in [3.8, 4) is 0 Å². The molecule has 2 atom stereocenters. The molecule has 124 valence electrons. The number of piperidine rings is 1. The monoisotopic (exact) mass is 315 g/mol. The number of amides is 1. The highest BCUT2D eigenvalue weighted by atomic mass is 16.2. The maximum absolute atomic E-state index is 12.4. The van der Waals surface area contributed by atoms with Crippen LogP contribution in [-0.4, -0.2) is 42.3 Å². The Balaban J connectivity index is 1.56. The summed E-state index contributed by atoms with van der Waals surface area (Å²) in [6, 6.07) is 9.31. The molecule has 0 saturated carbocycles. The second kappa shape index (κ2) is 7.23. The molecule has 2 fully saturated rings. The van der Waals surface area contributed by atoms with Gasteiger partial charge in [0, 0.05) is 31.2 Å². The first-order valence-corrected chi connectivity index (χ1v) is 8.57. The second-order valence-electron chi connectivity index (χ2n) is 6.54. The van der Waals surface area contributed by atoms with Gasteiger partial charge in [-0.3, -0.25) is 20.4 Å². The highest BCUT2D eigenvalue weighted by molar-refractivity contribution is 6.42. The Labute approximate surface area is 137 Å². The lowest BCUT2D eigenvalue weighted by Gasteiger charge is -2.36. The van der Waals surface area contributed by atoms with Crippen molar-refractivity contribution in [3.05, 3.63) is 35.9 Å². The Morgan fingerprint density at radius 2 is 1.87 bits per heavy atom. The number of carbonyl (C=O) groups is 2. The van der Waals surface area contributed by atoms with E-state index in [2.05, 4.69) is 17.8 Å². The van der Waals surface area contributed by atoms with Crippen LogP contribution in [0.2, 0.25) is 0 Å². The van der Waals surface area contributed by atoms with Crippen molar-refractivity contribution in [1.29, 1.82) is 0 Å². The molecular weight excluding hydrogens is 290 g/mol. The van der Waals surface area contributed by atoms with Crippen LogP contribution in [0.3, 0.4) is 0 Å². The van der Waals surface area contributed by atoms with E-state index in [1.807, 2.05) is 6.07 Å². The van der Waals surface area contributed by atoms with Crippen LogP contribution in [0, 0.1) is 11.8 Å². The van der Waals surface area contributed by atoms with Gasteiger partial charge < -0.3 is 4.90 Å². The Kier molecular flexibility index (Phi) is 5.08. The zero-order chi connectivity index (χ0) is 16.2. The van der Waals surface area contributed by atoms with Crippen LogP contribution in [0.4, 0.5) is 0 Å². The predicted octanol–water partition coefficient (Wildman–Crippen LogP) is 1.61. The van der Waals surface area contributed by atoms with Gasteiger partial charge in [0.1, 0.15) is 0 Å². The first kappa shape index (κ1) is 16.1. The minimum absolute atomic E-state index is 0.362. The number of rotatable bonds is 4. The predicted molar refractivity (Wildman–Crippen MR) is 88.8 cm³/mol. The molecule has 1 aromatic carbocycles. The molecule has 0 bridgehead atoms. The van der Waals surface area contributed by atoms with Crippen LogP contribution in [0.25, 0.3) is 0 Å². The molecule has 2 N–H and O–H groups in total. The van der Waals surface area contributed by atoms with Crippen LogP contribution in [0.15, 0.2) is 30.3 Å². The number of carbonyl (C=O) groups excluding carboxylic acids is 2. The van der Waals surface area contributed by atoms with Gasteiger partial charge in [0.05, 0.1) is 0 Å². The Bertz CT molecular complexity index is 553. The molecule has 3 rings (SSSR count). The van der Waals surface area contributed by atoms with Gasteiger partial charge in [-0.2, -0.15) is 0 Å². The summed E-state index contributed by atoms with van der Waals surface area (Å²) in [5.74, 6) is 0.481. The fraction of sp³-hybridized carbons (Fsp3) is 0.556. The third-order valence-corrected chi connectivity index (χ3v) is 5.23. The smallest absolute Gasteiger partial charge is 0.294 e. The van der Waals surface area contributed by atoms with Gasteiger partial charge in [-0.05, 0) is 24.7 Å². The van der Waals surface area contributed by atoms with E-state index in [1.54, 1.807) is 29.2 Å². The molecule has 2 saturated heterocycles. The number of hydrogen-bond donors (Lipinski definition) is 2. The number of hydrogen-bond acceptors (Lipinski definition) is 4. The summed E-state index contributed by atoms with van der Waals surface area (Å²) in [6.07, 6.45) is 3.09. The van der Waals surface area contributed by atoms with E-state index in [4.69, 9.17) is 0 Å². The number of ketones is 1. The van der Waals surface area contributed by atoms with Crippen molar-refractivity contribution in [3.63, 3.8) is 0 Å². The third-order valence-electron chi connectivity index (χ3n) is 5.23. The van der Waals surface area contributed by atoms with E-state index in [0.29, 0.717) is 36.5 Å². The lowest BCUT2D eigenvalue weighted by Crippen LogP contribution is -2.47. The molecule has 5 nitrogen and oxygen atoms in total. The van der Waals surface area contributed by atoms with E-state index < -0.39 is 5.78 Å². The van der Waals surface area contributed by atoms with Crippen molar-refractivity contribution in [1.82, 2.24) is 15.8 Å². The van der Waals surface area contributed by atoms with Gasteiger partial charge in [-0.15, -0.1) is 0 Å². The maximum atomic E-state index is 12.4. The SMILES string of the molecule is CCC1CNNC1C1CCN(C(=O)C(=O)c2ccccc2)CC1. The standard InChI is InChI=1S/C18H25N3O2/c1-2-13-12-19-20-16(13)14-8-10-21(11-9-14)18(23)17(22)15-6-4-3-5-7-15/h3-7,13-14,16,19-20H,2,8-12H2,1H3. The van der Waals surface area contributed by atoms with Gasteiger partial charge in [-0.25, -0.2) is 0 Å². The highest BCUT2D eigenvalue weighted by Crippen LogP contribution is 2.28. The molecule has 1 aromatic rings. The van der Waals surface area contributed by atoms with Gasteiger partial charge in [-0.1, -0.05) is 43.7 Å². The largest absolute Gasteiger partial charge is 0.336 e. The quantitative estimate of drug-likeness (QED) is 0.655. The molecule has 0 spiro atoms. The van der Waals surface area contributed by atoms with Crippen molar-refractivity contribution in [2.24, 2.45) is 11.8 Å². The molecule has 2 heterocycles. The first-order valence-electron chi connectivity index (χ1n) is 8.57. The fourth-order valence-electron chi connectivity index (χ4n) is 3.77. The molecule has 2 unspecified atom stereocenters. The maximum Gasteiger partial charge on any atom is 0.294 e. The number of benzene rings is 1. The second-order valence-corrected chi connectivity index (χ2v) is 6.54. The van der Waals surface area contributed by atoms with Crippen molar-refractivity contribution in [2.45, 2.75) is 32.2 Å². The summed E-state index contributed by atoms with van der Waals surface area (Å²) in [7, 11) is 0. The summed E-state index contributed by atoms with van der Waals surface area (Å²) in [6.45, 7) is 4.60. The lowest BCUT2D eigenvalue weighted by atomic mass is 9.82. The van der Waals surface area contributed by atoms with Crippen LogP contribution < -0.4 is 10.9 Å². The summed E-state index contributed by atoms with van der Waals surface area (Å²) in [5.41, 5.74) is 7.14. The molecule has 2 aliphatic heterocycles. The Hall–Kier alpha value is -1.72.